The molecule has 0 unspecified atom stereocenters. The normalized spacial score (nSPS) is 14.9. The maximum atomic E-state index is 13.8. The molecule has 0 saturated heterocycles. The van der Waals surface area contributed by atoms with Gasteiger partial charge in [0.05, 0.1) is 11.9 Å². The van der Waals surface area contributed by atoms with E-state index in [0.29, 0.717) is 38.3 Å². The van der Waals surface area contributed by atoms with Crippen LogP contribution >= 0.6 is 34.8 Å². The van der Waals surface area contributed by atoms with Gasteiger partial charge in [-0.1, -0.05) is 60.6 Å². The van der Waals surface area contributed by atoms with Crippen molar-refractivity contribution in [2.45, 2.75) is 64.6 Å². The maximum Gasteiger partial charge on any atom is 0.244 e. The summed E-state index contributed by atoms with van der Waals surface area (Å²) in [5.41, 5.74) is 1.54. The van der Waals surface area contributed by atoms with Gasteiger partial charge < -0.3 is 10.2 Å². The topological polar surface area (TPSA) is 86.8 Å². The maximum absolute atomic E-state index is 13.8. The van der Waals surface area contributed by atoms with E-state index in [1.165, 1.54) is 4.90 Å². The van der Waals surface area contributed by atoms with E-state index >= 15 is 0 Å². The van der Waals surface area contributed by atoms with Crippen molar-refractivity contribution in [2.75, 3.05) is 17.1 Å². The van der Waals surface area contributed by atoms with Crippen LogP contribution in [0.4, 0.5) is 5.69 Å². The zero-order valence-corrected chi connectivity index (χ0v) is 24.2. The minimum atomic E-state index is -3.84. The minimum Gasteiger partial charge on any atom is -0.352 e. The number of hydrogen-bond acceptors (Lipinski definition) is 4. The predicted octanol–water partition coefficient (Wildman–Crippen LogP) is 5.59. The minimum absolute atomic E-state index is 0.0165. The third-order valence-electron chi connectivity index (χ3n) is 6.55. The lowest BCUT2D eigenvalue weighted by molar-refractivity contribution is -0.140. The molecule has 1 N–H and O–H groups in total. The lowest BCUT2D eigenvalue weighted by atomic mass is 10.1. The van der Waals surface area contributed by atoms with Gasteiger partial charge in [-0.05, 0) is 67.6 Å². The first kappa shape index (κ1) is 29.6. The van der Waals surface area contributed by atoms with Crippen LogP contribution in [-0.2, 0) is 26.2 Å². The van der Waals surface area contributed by atoms with Crippen LogP contribution in [0.1, 0.15) is 50.2 Å². The summed E-state index contributed by atoms with van der Waals surface area (Å²) in [6.45, 7) is 3.07. The van der Waals surface area contributed by atoms with Gasteiger partial charge in [0.15, 0.2) is 0 Å². The molecule has 1 saturated carbocycles. The van der Waals surface area contributed by atoms with Crippen LogP contribution in [0.2, 0.25) is 15.1 Å². The van der Waals surface area contributed by atoms with E-state index in [1.807, 2.05) is 6.92 Å². The molecule has 1 atom stereocenters. The van der Waals surface area contributed by atoms with Crippen LogP contribution in [0.15, 0.2) is 36.4 Å². The van der Waals surface area contributed by atoms with Crippen LogP contribution in [0.25, 0.3) is 0 Å². The lowest BCUT2D eigenvalue weighted by Gasteiger charge is -2.34. The van der Waals surface area contributed by atoms with Gasteiger partial charge in [-0.2, -0.15) is 0 Å². The van der Waals surface area contributed by atoms with Gasteiger partial charge in [0.2, 0.25) is 21.8 Å². The predicted molar refractivity (Wildman–Crippen MR) is 150 cm³/mol. The molecule has 0 bridgehead atoms. The lowest BCUT2D eigenvalue weighted by Crippen LogP contribution is -2.53. The SMILES string of the molecule is CC[C@@H](C(=O)NC1CCCC1)N(Cc1ccc(Cl)cc1Cl)C(=O)CN(c1ccc(Cl)cc1C)S(C)(=O)=O. The number of nitrogens with one attached hydrogen (secondary N) is 1. The Morgan fingerprint density at radius 3 is 2.24 bits per heavy atom. The summed E-state index contributed by atoms with van der Waals surface area (Å²) in [4.78, 5) is 28.6. The fourth-order valence-corrected chi connectivity index (χ4v) is 6.22. The highest BCUT2D eigenvalue weighted by Gasteiger charge is 2.33. The van der Waals surface area contributed by atoms with E-state index in [0.717, 1.165) is 36.2 Å². The monoisotopic (exact) mass is 587 g/mol. The number of rotatable bonds is 10. The molecular formula is C26H32Cl3N3O4S. The summed E-state index contributed by atoms with van der Waals surface area (Å²) in [5, 5.41) is 4.32. The summed E-state index contributed by atoms with van der Waals surface area (Å²) in [6.07, 6.45) is 5.28. The molecule has 0 aliphatic heterocycles. The number of hydrogen-bond donors (Lipinski definition) is 1. The van der Waals surface area contributed by atoms with E-state index in [9.17, 15) is 18.0 Å². The third kappa shape index (κ3) is 7.76. The number of benzene rings is 2. The second-order valence-electron chi connectivity index (χ2n) is 9.37. The third-order valence-corrected chi connectivity index (χ3v) is 8.50. The molecular weight excluding hydrogens is 557 g/mol. The Morgan fingerprint density at radius 2 is 1.68 bits per heavy atom. The average molecular weight is 589 g/mol. The first-order valence-corrected chi connectivity index (χ1v) is 15.2. The van der Waals surface area contributed by atoms with Gasteiger partial charge in [0, 0.05) is 27.7 Å². The molecule has 202 valence electrons. The zero-order valence-electron chi connectivity index (χ0n) is 21.1. The van der Waals surface area contributed by atoms with Crippen molar-refractivity contribution in [3.05, 3.63) is 62.6 Å². The Balaban J connectivity index is 1.97. The smallest absolute Gasteiger partial charge is 0.244 e. The van der Waals surface area contributed by atoms with E-state index in [-0.39, 0.29) is 18.5 Å². The highest BCUT2D eigenvalue weighted by atomic mass is 35.5. The van der Waals surface area contributed by atoms with Crippen molar-refractivity contribution in [1.29, 1.82) is 0 Å². The summed E-state index contributed by atoms with van der Waals surface area (Å²) in [5.74, 6) is -0.791. The second-order valence-corrected chi connectivity index (χ2v) is 12.6. The molecule has 2 aromatic carbocycles. The summed E-state index contributed by atoms with van der Waals surface area (Å²) >= 11 is 18.5. The van der Waals surface area contributed by atoms with Crippen LogP contribution < -0.4 is 9.62 Å². The number of aryl methyl sites for hydroxylation is 1. The second kappa shape index (κ2) is 12.7. The van der Waals surface area contributed by atoms with E-state index < -0.39 is 28.5 Å². The van der Waals surface area contributed by atoms with Crippen molar-refractivity contribution >= 4 is 62.3 Å². The van der Waals surface area contributed by atoms with Gasteiger partial charge in [-0.3, -0.25) is 13.9 Å². The van der Waals surface area contributed by atoms with Gasteiger partial charge in [0.1, 0.15) is 12.6 Å². The van der Waals surface area contributed by atoms with Gasteiger partial charge in [0.25, 0.3) is 0 Å². The Kier molecular flexibility index (Phi) is 10.1. The molecule has 0 radical (unpaired) electrons. The van der Waals surface area contributed by atoms with Gasteiger partial charge >= 0.3 is 0 Å². The largest absolute Gasteiger partial charge is 0.352 e. The molecule has 37 heavy (non-hydrogen) atoms. The standard InChI is InChI=1S/C26H32Cl3N3O4S/c1-4-23(26(34)30-21-7-5-6-8-21)31(15-18-9-10-20(28)14-22(18)29)25(33)16-32(37(3,35)36)24-12-11-19(27)13-17(24)2/h9-14,21,23H,4-8,15-16H2,1-3H3,(H,30,34)/t23-/m0/s1. The summed E-state index contributed by atoms with van der Waals surface area (Å²) in [6, 6.07) is 8.96. The molecule has 0 aromatic heterocycles. The molecule has 1 fully saturated rings. The number of sulfonamides is 1. The molecule has 2 aromatic rings. The van der Waals surface area contributed by atoms with Crippen molar-refractivity contribution in [2.24, 2.45) is 0 Å². The molecule has 1 aliphatic carbocycles. The Hall–Kier alpha value is -2.00. The number of carbonyl (C=O) groups is 2. The quantitative estimate of drug-likeness (QED) is 0.392. The number of carbonyl (C=O) groups excluding carboxylic acids is 2. The molecule has 11 heteroatoms. The van der Waals surface area contributed by atoms with E-state index in [1.54, 1.807) is 43.3 Å². The van der Waals surface area contributed by atoms with E-state index in [2.05, 4.69) is 5.32 Å². The fraction of sp³-hybridized carbons (Fsp3) is 0.462. The first-order chi connectivity index (χ1) is 17.4. The Labute approximate surface area is 234 Å². The zero-order chi connectivity index (χ0) is 27.3. The Morgan fingerprint density at radius 1 is 1.05 bits per heavy atom. The van der Waals surface area contributed by atoms with Crippen LogP contribution in [0, 0.1) is 6.92 Å². The molecule has 7 nitrogen and oxygen atoms in total. The number of halogens is 3. The van der Waals surface area contributed by atoms with Crippen molar-refractivity contribution in [3.63, 3.8) is 0 Å². The average Bonchev–Trinajstić information content (AvgIpc) is 3.31. The van der Waals surface area contributed by atoms with E-state index in [4.69, 9.17) is 34.8 Å². The van der Waals surface area contributed by atoms with Crippen LogP contribution in [0.3, 0.4) is 0 Å². The fourth-order valence-electron chi connectivity index (χ4n) is 4.61. The molecule has 1 aliphatic rings. The Bertz CT molecular complexity index is 1250. The highest BCUT2D eigenvalue weighted by molar-refractivity contribution is 7.92. The molecule has 3 rings (SSSR count). The molecule has 2 amide bonds. The first-order valence-electron chi connectivity index (χ1n) is 12.2. The number of anilines is 1. The highest BCUT2D eigenvalue weighted by Crippen LogP contribution is 2.28. The van der Waals surface area contributed by atoms with Crippen molar-refractivity contribution < 1.29 is 18.0 Å². The van der Waals surface area contributed by atoms with Crippen molar-refractivity contribution in [1.82, 2.24) is 10.2 Å². The van der Waals surface area contributed by atoms with Gasteiger partial charge in [-0.25, -0.2) is 8.42 Å². The number of nitrogens with zero attached hydrogens (tertiary/aromatic N) is 2. The number of amides is 2. The van der Waals surface area contributed by atoms with Crippen LogP contribution in [-0.4, -0.2) is 50.0 Å². The summed E-state index contributed by atoms with van der Waals surface area (Å²) < 4.78 is 26.6. The van der Waals surface area contributed by atoms with Crippen LogP contribution in [0.5, 0.6) is 0 Å². The molecule has 0 heterocycles. The molecule has 0 spiro atoms. The van der Waals surface area contributed by atoms with Gasteiger partial charge in [-0.15, -0.1) is 0 Å². The van der Waals surface area contributed by atoms with Crippen molar-refractivity contribution in [3.8, 4) is 0 Å². The summed E-state index contributed by atoms with van der Waals surface area (Å²) in [7, 11) is -3.84.